The molecule has 0 aromatic rings. The third-order valence-electron chi connectivity index (χ3n) is 2.00. The lowest BCUT2D eigenvalue weighted by molar-refractivity contribution is 0.298. The molecule has 1 fully saturated rings. The molecule has 1 saturated heterocycles. The van der Waals surface area contributed by atoms with Gasteiger partial charge in [-0.15, -0.1) is 24.8 Å². The molecule has 1 rings (SSSR count). The summed E-state index contributed by atoms with van der Waals surface area (Å²) in [5, 5.41) is 3.51. The van der Waals surface area contributed by atoms with Gasteiger partial charge >= 0.3 is 0 Å². The molecule has 0 saturated carbocycles. The van der Waals surface area contributed by atoms with Crippen LogP contribution < -0.4 is 5.32 Å². The number of rotatable bonds is 2. The van der Waals surface area contributed by atoms with E-state index in [2.05, 4.69) is 24.3 Å². The van der Waals surface area contributed by atoms with E-state index in [1.54, 1.807) is 0 Å². The molecular formula is C8H20Cl2N2. The summed E-state index contributed by atoms with van der Waals surface area (Å²) in [6, 6.07) is 0.753. The van der Waals surface area contributed by atoms with Crippen LogP contribution in [-0.2, 0) is 0 Å². The molecule has 1 atom stereocenters. The van der Waals surface area contributed by atoms with Crippen LogP contribution in [0, 0.1) is 0 Å². The molecule has 12 heavy (non-hydrogen) atoms. The Bertz CT molecular complexity index is 93.1. The first kappa shape index (κ1) is 15.0. The average Bonchev–Trinajstić information content (AvgIpc) is 1.88. The lowest BCUT2D eigenvalue weighted by atomic mass is 10.1. The Kier molecular flexibility index (Phi) is 10.1. The molecular weight excluding hydrogens is 195 g/mol. The number of piperidine rings is 1. The molecule has 0 radical (unpaired) electrons. The predicted molar refractivity (Wildman–Crippen MR) is 58.7 cm³/mol. The lowest BCUT2D eigenvalue weighted by Crippen LogP contribution is -2.41. The second kappa shape index (κ2) is 8.11. The molecule has 0 amide bonds. The van der Waals surface area contributed by atoms with E-state index in [1.165, 1.54) is 32.4 Å². The number of hydrogen-bond donors (Lipinski definition) is 1. The van der Waals surface area contributed by atoms with Crippen molar-refractivity contribution in [1.82, 2.24) is 10.2 Å². The van der Waals surface area contributed by atoms with Crippen LogP contribution in [0.1, 0.15) is 19.3 Å². The maximum absolute atomic E-state index is 3.51. The highest BCUT2D eigenvalue weighted by atomic mass is 35.5. The van der Waals surface area contributed by atoms with Gasteiger partial charge in [-0.3, -0.25) is 0 Å². The molecule has 0 spiro atoms. The van der Waals surface area contributed by atoms with E-state index < -0.39 is 0 Å². The monoisotopic (exact) mass is 214 g/mol. The standard InChI is InChI=1S/C8H18N2.2ClH/c1-10(2)7-8-5-3-4-6-9-8;;/h8-9H,3-7H2,1-2H3;2*1H. The van der Waals surface area contributed by atoms with Crippen molar-refractivity contribution in [3.63, 3.8) is 0 Å². The van der Waals surface area contributed by atoms with Crippen LogP contribution in [0.3, 0.4) is 0 Å². The smallest absolute Gasteiger partial charge is 0.0194 e. The summed E-state index contributed by atoms with van der Waals surface area (Å²) in [7, 11) is 4.27. The fourth-order valence-corrected chi connectivity index (χ4v) is 1.52. The van der Waals surface area contributed by atoms with Crippen LogP contribution in [0.25, 0.3) is 0 Å². The van der Waals surface area contributed by atoms with Crippen molar-refractivity contribution < 1.29 is 0 Å². The SMILES string of the molecule is CN(C)CC1CCCCN1.Cl.Cl. The molecule has 1 unspecified atom stereocenters. The number of nitrogens with zero attached hydrogens (tertiary/aromatic N) is 1. The molecule has 0 bridgehead atoms. The van der Waals surface area contributed by atoms with Gasteiger partial charge in [-0.25, -0.2) is 0 Å². The first-order valence-electron chi connectivity index (χ1n) is 4.17. The summed E-state index contributed by atoms with van der Waals surface area (Å²) in [4.78, 5) is 2.25. The van der Waals surface area contributed by atoms with Crippen LogP contribution in [0.2, 0.25) is 0 Å². The largest absolute Gasteiger partial charge is 0.313 e. The fraction of sp³-hybridized carbons (Fsp3) is 1.00. The third-order valence-corrected chi connectivity index (χ3v) is 2.00. The highest BCUT2D eigenvalue weighted by molar-refractivity contribution is 5.85. The van der Waals surface area contributed by atoms with Gasteiger partial charge in [-0.2, -0.15) is 0 Å². The average molecular weight is 215 g/mol. The minimum absolute atomic E-state index is 0. The van der Waals surface area contributed by atoms with Gasteiger partial charge < -0.3 is 10.2 Å². The topological polar surface area (TPSA) is 15.3 Å². The molecule has 1 aliphatic heterocycles. The van der Waals surface area contributed by atoms with Crippen LogP contribution in [-0.4, -0.2) is 38.1 Å². The van der Waals surface area contributed by atoms with Gasteiger partial charge in [0.1, 0.15) is 0 Å². The summed E-state index contributed by atoms with van der Waals surface area (Å²) >= 11 is 0. The van der Waals surface area contributed by atoms with Crippen molar-refractivity contribution in [2.24, 2.45) is 0 Å². The summed E-state index contributed by atoms with van der Waals surface area (Å²) in [6.07, 6.45) is 4.13. The summed E-state index contributed by atoms with van der Waals surface area (Å²) < 4.78 is 0. The van der Waals surface area contributed by atoms with Crippen molar-refractivity contribution >= 4 is 24.8 Å². The van der Waals surface area contributed by atoms with Gasteiger partial charge in [-0.1, -0.05) is 6.42 Å². The van der Waals surface area contributed by atoms with E-state index in [1.807, 2.05) is 0 Å². The van der Waals surface area contributed by atoms with Crippen molar-refractivity contribution in [3.8, 4) is 0 Å². The number of likely N-dealkylation sites (N-methyl/N-ethyl adjacent to an activating group) is 1. The first-order valence-corrected chi connectivity index (χ1v) is 4.17. The molecule has 4 heteroatoms. The molecule has 1 heterocycles. The van der Waals surface area contributed by atoms with E-state index in [0.717, 1.165) is 6.04 Å². The van der Waals surface area contributed by atoms with Crippen LogP contribution >= 0.6 is 24.8 Å². The molecule has 76 valence electrons. The number of nitrogens with one attached hydrogen (secondary N) is 1. The number of hydrogen-bond acceptors (Lipinski definition) is 2. The van der Waals surface area contributed by atoms with Gasteiger partial charge in [-0.05, 0) is 33.5 Å². The molecule has 1 N–H and O–H groups in total. The van der Waals surface area contributed by atoms with E-state index in [0.29, 0.717) is 0 Å². The molecule has 0 aliphatic carbocycles. The minimum Gasteiger partial charge on any atom is -0.313 e. The van der Waals surface area contributed by atoms with Gasteiger partial charge in [0.05, 0.1) is 0 Å². The Balaban J connectivity index is 0. The van der Waals surface area contributed by atoms with E-state index in [9.17, 15) is 0 Å². The number of halogens is 2. The normalized spacial score (nSPS) is 22.8. The Morgan fingerprint density at radius 3 is 2.33 bits per heavy atom. The summed E-state index contributed by atoms with van der Waals surface area (Å²) in [6.45, 7) is 2.42. The van der Waals surface area contributed by atoms with Crippen molar-refractivity contribution in [2.45, 2.75) is 25.3 Å². The Morgan fingerprint density at radius 1 is 1.25 bits per heavy atom. The maximum Gasteiger partial charge on any atom is 0.0194 e. The summed E-state index contributed by atoms with van der Waals surface area (Å²) in [5.41, 5.74) is 0. The van der Waals surface area contributed by atoms with Gasteiger partial charge in [0, 0.05) is 12.6 Å². The van der Waals surface area contributed by atoms with Gasteiger partial charge in [0.2, 0.25) is 0 Å². The third kappa shape index (κ3) is 6.06. The van der Waals surface area contributed by atoms with E-state index in [4.69, 9.17) is 0 Å². The Morgan fingerprint density at radius 2 is 1.92 bits per heavy atom. The van der Waals surface area contributed by atoms with Crippen LogP contribution in [0.15, 0.2) is 0 Å². The van der Waals surface area contributed by atoms with Crippen LogP contribution in [0.4, 0.5) is 0 Å². The predicted octanol–water partition coefficient (Wildman–Crippen LogP) is 1.53. The van der Waals surface area contributed by atoms with E-state index >= 15 is 0 Å². The molecule has 0 aromatic carbocycles. The highest BCUT2D eigenvalue weighted by Crippen LogP contribution is 2.06. The first-order chi connectivity index (χ1) is 4.79. The zero-order chi connectivity index (χ0) is 7.40. The second-order valence-electron chi connectivity index (χ2n) is 3.41. The van der Waals surface area contributed by atoms with Gasteiger partial charge in [0.25, 0.3) is 0 Å². The highest BCUT2D eigenvalue weighted by Gasteiger charge is 2.11. The summed E-state index contributed by atoms with van der Waals surface area (Å²) in [5.74, 6) is 0. The molecule has 2 nitrogen and oxygen atoms in total. The van der Waals surface area contributed by atoms with Gasteiger partial charge in [0.15, 0.2) is 0 Å². The fourth-order valence-electron chi connectivity index (χ4n) is 1.52. The van der Waals surface area contributed by atoms with Crippen molar-refractivity contribution in [1.29, 1.82) is 0 Å². The quantitative estimate of drug-likeness (QED) is 0.751. The second-order valence-corrected chi connectivity index (χ2v) is 3.41. The van der Waals surface area contributed by atoms with E-state index in [-0.39, 0.29) is 24.8 Å². The maximum atomic E-state index is 3.51. The Labute approximate surface area is 87.9 Å². The molecule has 0 aromatic heterocycles. The van der Waals surface area contributed by atoms with Crippen molar-refractivity contribution in [3.05, 3.63) is 0 Å². The zero-order valence-corrected chi connectivity index (χ0v) is 9.51. The lowest BCUT2D eigenvalue weighted by Gasteiger charge is -2.25. The Hall–Kier alpha value is 0.500. The van der Waals surface area contributed by atoms with Crippen LogP contribution in [0.5, 0.6) is 0 Å². The zero-order valence-electron chi connectivity index (χ0n) is 7.88. The van der Waals surface area contributed by atoms with Crippen molar-refractivity contribution in [2.75, 3.05) is 27.2 Å². The minimum atomic E-state index is 0. The molecule has 1 aliphatic rings.